The van der Waals surface area contributed by atoms with Crippen LogP contribution in [0.15, 0.2) is 0 Å². The van der Waals surface area contributed by atoms with Crippen LogP contribution in [0.3, 0.4) is 0 Å². The number of carbonyl (C=O) groups is 1. The third kappa shape index (κ3) is 4.92. The van der Waals surface area contributed by atoms with Crippen LogP contribution in [0, 0.1) is 11.8 Å². The molecule has 18 heavy (non-hydrogen) atoms. The maximum atomic E-state index is 14.0. The Morgan fingerprint density at radius 1 is 1.39 bits per heavy atom. The van der Waals surface area contributed by atoms with E-state index >= 15 is 0 Å². The maximum absolute atomic E-state index is 14.0. The van der Waals surface area contributed by atoms with Crippen molar-refractivity contribution in [1.82, 2.24) is 10.2 Å². The topological polar surface area (TPSA) is 32.3 Å². The first kappa shape index (κ1) is 15.4. The number of hydrogen-bond acceptors (Lipinski definition) is 2. The monoisotopic (exact) mass is 258 g/mol. The molecule has 0 saturated carbocycles. The molecule has 1 heterocycles. The van der Waals surface area contributed by atoms with Gasteiger partial charge in [0.15, 0.2) is 0 Å². The molecule has 1 amide bonds. The van der Waals surface area contributed by atoms with Gasteiger partial charge in [-0.25, -0.2) is 4.39 Å². The van der Waals surface area contributed by atoms with Crippen LogP contribution in [-0.2, 0) is 4.79 Å². The van der Waals surface area contributed by atoms with E-state index in [0.29, 0.717) is 12.5 Å². The van der Waals surface area contributed by atoms with Gasteiger partial charge in [0.25, 0.3) is 0 Å². The van der Waals surface area contributed by atoms with Crippen molar-refractivity contribution < 1.29 is 9.18 Å². The first-order valence-corrected chi connectivity index (χ1v) is 7.07. The van der Waals surface area contributed by atoms with Crippen LogP contribution in [-0.4, -0.2) is 42.7 Å². The van der Waals surface area contributed by atoms with Crippen molar-refractivity contribution in [3.8, 4) is 0 Å². The smallest absolute Gasteiger partial charge is 0.222 e. The predicted molar refractivity (Wildman–Crippen MR) is 72.2 cm³/mol. The molecule has 0 radical (unpaired) electrons. The Bertz CT molecular complexity index is 269. The Balaban J connectivity index is 2.34. The molecule has 1 aliphatic heterocycles. The molecule has 4 heteroatoms. The number of hydrogen-bond donors (Lipinski definition) is 1. The maximum Gasteiger partial charge on any atom is 0.222 e. The molecular weight excluding hydrogens is 231 g/mol. The van der Waals surface area contributed by atoms with Crippen molar-refractivity contribution in [2.24, 2.45) is 11.8 Å². The van der Waals surface area contributed by atoms with Gasteiger partial charge in [0, 0.05) is 19.0 Å². The molecule has 1 saturated heterocycles. The summed E-state index contributed by atoms with van der Waals surface area (Å²) in [7, 11) is 0. The summed E-state index contributed by atoms with van der Waals surface area (Å²) in [5.41, 5.74) is 0. The van der Waals surface area contributed by atoms with Crippen molar-refractivity contribution >= 4 is 5.91 Å². The lowest BCUT2D eigenvalue weighted by atomic mass is 10.0. The van der Waals surface area contributed by atoms with E-state index in [4.69, 9.17) is 0 Å². The minimum absolute atomic E-state index is 0.0433. The highest BCUT2D eigenvalue weighted by Gasteiger charge is 2.30. The number of amides is 1. The molecule has 0 aromatic carbocycles. The van der Waals surface area contributed by atoms with E-state index in [2.05, 4.69) is 24.1 Å². The van der Waals surface area contributed by atoms with Crippen molar-refractivity contribution in [3.63, 3.8) is 0 Å². The van der Waals surface area contributed by atoms with Crippen molar-refractivity contribution in [1.29, 1.82) is 0 Å². The highest BCUT2D eigenvalue weighted by atomic mass is 19.1. The summed E-state index contributed by atoms with van der Waals surface area (Å²) in [6.45, 7) is 10.3. The summed E-state index contributed by atoms with van der Waals surface area (Å²) in [5.74, 6) is 0.538. The summed E-state index contributed by atoms with van der Waals surface area (Å²) in [5, 5.41) is 2.81. The highest BCUT2D eigenvalue weighted by Crippen LogP contribution is 2.16. The fraction of sp³-hybridized carbons (Fsp3) is 0.929. The lowest BCUT2D eigenvalue weighted by Crippen LogP contribution is -2.53. The van der Waals surface area contributed by atoms with Crippen molar-refractivity contribution in [2.75, 3.05) is 19.6 Å². The zero-order chi connectivity index (χ0) is 13.7. The van der Waals surface area contributed by atoms with Gasteiger partial charge in [0.2, 0.25) is 5.91 Å². The third-order valence-corrected chi connectivity index (χ3v) is 3.50. The zero-order valence-electron chi connectivity index (χ0n) is 12.1. The second-order valence-corrected chi connectivity index (χ2v) is 6.06. The lowest BCUT2D eigenvalue weighted by molar-refractivity contribution is -0.125. The van der Waals surface area contributed by atoms with Gasteiger partial charge in [0.05, 0.1) is 6.04 Å². The lowest BCUT2D eigenvalue weighted by Gasteiger charge is -2.35. The Morgan fingerprint density at radius 2 is 2.06 bits per heavy atom. The van der Waals surface area contributed by atoms with Gasteiger partial charge in [-0.05, 0) is 25.3 Å². The van der Waals surface area contributed by atoms with E-state index in [9.17, 15) is 9.18 Å². The number of rotatable bonds is 5. The minimum Gasteiger partial charge on any atom is -0.350 e. The van der Waals surface area contributed by atoms with E-state index in [1.54, 1.807) is 0 Å². The average molecular weight is 258 g/mol. The number of nitrogens with zero attached hydrogens (tertiary/aromatic N) is 1. The summed E-state index contributed by atoms with van der Waals surface area (Å²) in [6.07, 6.45) is 0.890. The molecule has 1 rings (SSSR count). The fourth-order valence-corrected chi connectivity index (χ4v) is 2.12. The molecule has 0 aromatic rings. The molecule has 0 bridgehead atoms. The Morgan fingerprint density at radius 3 is 2.56 bits per heavy atom. The summed E-state index contributed by atoms with van der Waals surface area (Å²) in [4.78, 5) is 13.7. The summed E-state index contributed by atoms with van der Waals surface area (Å²) >= 11 is 0. The first-order valence-electron chi connectivity index (χ1n) is 7.07. The number of halogens is 1. The van der Waals surface area contributed by atoms with E-state index < -0.39 is 6.17 Å². The number of carbonyl (C=O) groups excluding carboxylic acids is 1. The molecule has 0 aliphatic carbocycles. The van der Waals surface area contributed by atoms with Gasteiger partial charge in [-0.1, -0.05) is 27.7 Å². The molecule has 0 unspecified atom stereocenters. The molecule has 1 N–H and O–H groups in total. The summed E-state index contributed by atoms with van der Waals surface area (Å²) < 4.78 is 14.0. The number of likely N-dealkylation sites (tertiary alicyclic amines) is 1. The largest absolute Gasteiger partial charge is 0.350 e. The number of alkyl halides is 1. The Labute approximate surface area is 110 Å². The molecule has 106 valence electrons. The van der Waals surface area contributed by atoms with E-state index in [-0.39, 0.29) is 17.9 Å². The molecule has 2 atom stereocenters. The van der Waals surface area contributed by atoms with E-state index in [1.165, 1.54) is 0 Å². The van der Waals surface area contributed by atoms with Gasteiger partial charge in [-0.3, -0.25) is 4.79 Å². The SMILES string of the molecule is CC(C)CCN1CC[C@H](NC(=O)C(C)C)[C@@H](F)C1. The summed E-state index contributed by atoms with van der Waals surface area (Å²) in [6, 6.07) is -0.296. The van der Waals surface area contributed by atoms with Gasteiger partial charge in [-0.2, -0.15) is 0 Å². The Hall–Kier alpha value is -0.640. The molecule has 3 nitrogen and oxygen atoms in total. The van der Waals surface area contributed by atoms with Gasteiger partial charge in [-0.15, -0.1) is 0 Å². The first-order chi connectivity index (χ1) is 8.40. The van der Waals surface area contributed by atoms with Crippen molar-refractivity contribution in [3.05, 3.63) is 0 Å². The van der Waals surface area contributed by atoms with Crippen LogP contribution in [0.25, 0.3) is 0 Å². The number of piperidine rings is 1. The van der Waals surface area contributed by atoms with E-state index in [1.807, 2.05) is 13.8 Å². The van der Waals surface area contributed by atoms with Gasteiger partial charge >= 0.3 is 0 Å². The van der Waals surface area contributed by atoms with Crippen LogP contribution in [0.1, 0.15) is 40.5 Å². The van der Waals surface area contributed by atoms with Crippen LogP contribution < -0.4 is 5.32 Å². The molecular formula is C14H27FN2O. The molecule has 0 aromatic heterocycles. The predicted octanol–water partition coefficient (Wildman–Crippen LogP) is 2.22. The van der Waals surface area contributed by atoms with Crippen LogP contribution in [0.4, 0.5) is 4.39 Å². The molecule has 1 aliphatic rings. The highest BCUT2D eigenvalue weighted by molar-refractivity contribution is 5.78. The number of nitrogens with one attached hydrogen (secondary N) is 1. The zero-order valence-corrected chi connectivity index (χ0v) is 12.1. The second kappa shape index (κ2) is 7.07. The normalized spacial score (nSPS) is 25.7. The fourth-order valence-electron chi connectivity index (χ4n) is 2.12. The second-order valence-electron chi connectivity index (χ2n) is 6.06. The van der Waals surface area contributed by atoms with Gasteiger partial charge in [0.1, 0.15) is 6.17 Å². The average Bonchev–Trinajstić information content (AvgIpc) is 2.29. The minimum atomic E-state index is -0.936. The van der Waals surface area contributed by atoms with Gasteiger partial charge < -0.3 is 10.2 Å². The molecule has 1 fully saturated rings. The molecule has 0 spiro atoms. The quantitative estimate of drug-likeness (QED) is 0.820. The van der Waals surface area contributed by atoms with E-state index in [0.717, 1.165) is 25.9 Å². The van der Waals surface area contributed by atoms with Crippen LogP contribution in [0.2, 0.25) is 0 Å². The van der Waals surface area contributed by atoms with Crippen LogP contribution in [0.5, 0.6) is 0 Å². The van der Waals surface area contributed by atoms with Crippen LogP contribution >= 0.6 is 0 Å². The van der Waals surface area contributed by atoms with Crippen molar-refractivity contribution in [2.45, 2.75) is 52.8 Å². The third-order valence-electron chi connectivity index (χ3n) is 3.50. The standard InChI is InChI=1S/C14H27FN2O/c1-10(2)5-7-17-8-6-13(12(15)9-17)16-14(18)11(3)4/h10-13H,5-9H2,1-4H3,(H,16,18)/t12-,13-/m0/s1. The Kier molecular flexibility index (Phi) is 6.06.